The van der Waals surface area contributed by atoms with Gasteiger partial charge in [0, 0.05) is 15.5 Å². The van der Waals surface area contributed by atoms with Crippen molar-refractivity contribution in [3.8, 4) is 0 Å². The molecular weight excluding hydrogens is 361 g/mol. The van der Waals surface area contributed by atoms with Crippen LogP contribution in [0.3, 0.4) is 0 Å². The normalized spacial score (nSPS) is 10.4. The molecule has 0 spiro atoms. The largest absolute Gasteiger partial charge is 0.378 e. The Morgan fingerprint density at radius 2 is 1.89 bits per heavy atom. The molecule has 2 aromatic carbocycles. The van der Waals surface area contributed by atoms with Gasteiger partial charge in [-0.3, -0.25) is 0 Å². The molecule has 1 N–H and O–H groups in total. The first kappa shape index (κ1) is 13.6. The van der Waals surface area contributed by atoms with E-state index in [1.54, 1.807) is 6.07 Å². The highest BCUT2D eigenvalue weighted by Crippen LogP contribution is 2.27. The molecule has 2 aromatic rings. The maximum absolute atomic E-state index is 13.6. The lowest BCUT2D eigenvalue weighted by molar-refractivity contribution is 0.629. The fourth-order valence-corrected chi connectivity index (χ4v) is 2.76. The van der Waals surface area contributed by atoms with Crippen LogP contribution >= 0.6 is 31.9 Å². The lowest BCUT2D eigenvalue weighted by Gasteiger charge is -2.11. The number of benzene rings is 2. The molecule has 0 saturated carbocycles. The molecule has 0 aliphatic rings. The molecule has 0 atom stereocenters. The van der Waals surface area contributed by atoms with Gasteiger partial charge in [0.15, 0.2) is 0 Å². The SMILES string of the molecule is Cc1ccc(CNc2c(F)cccc2Br)c(Br)c1. The highest BCUT2D eigenvalue weighted by Gasteiger charge is 2.07. The Balaban J connectivity index is 2.16. The minimum Gasteiger partial charge on any atom is -0.378 e. The van der Waals surface area contributed by atoms with E-state index in [1.807, 2.05) is 31.2 Å². The molecular formula is C14H12Br2FN. The Morgan fingerprint density at radius 3 is 2.56 bits per heavy atom. The molecule has 0 aliphatic heterocycles. The molecule has 0 amide bonds. The number of aryl methyl sites for hydroxylation is 1. The van der Waals surface area contributed by atoms with Gasteiger partial charge >= 0.3 is 0 Å². The maximum Gasteiger partial charge on any atom is 0.147 e. The molecule has 1 nitrogen and oxygen atoms in total. The Bertz CT molecular complexity index is 549. The second-order valence-electron chi connectivity index (χ2n) is 4.05. The van der Waals surface area contributed by atoms with Crippen LogP contribution in [-0.2, 0) is 6.54 Å². The second kappa shape index (κ2) is 5.85. The van der Waals surface area contributed by atoms with E-state index in [9.17, 15) is 4.39 Å². The van der Waals surface area contributed by atoms with Crippen molar-refractivity contribution in [3.05, 3.63) is 62.3 Å². The molecule has 0 aromatic heterocycles. The maximum atomic E-state index is 13.6. The molecule has 18 heavy (non-hydrogen) atoms. The van der Waals surface area contributed by atoms with Crippen molar-refractivity contribution >= 4 is 37.5 Å². The summed E-state index contributed by atoms with van der Waals surface area (Å²) in [4.78, 5) is 0. The summed E-state index contributed by atoms with van der Waals surface area (Å²) in [5, 5.41) is 3.11. The van der Waals surface area contributed by atoms with Gasteiger partial charge in [0.2, 0.25) is 0 Å². The van der Waals surface area contributed by atoms with Gasteiger partial charge in [-0.2, -0.15) is 0 Å². The van der Waals surface area contributed by atoms with Crippen molar-refractivity contribution in [1.82, 2.24) is 0 Å². The van der Waals surface area contributed by atoms with Crippen LogP contribution in [0.25, 0.3) is 0 Å². The Hall–Kier alpha value is -0.870. The Morgan fingerprint density at radius 1 is 1.11 bits per heavy atom. The predicted octanol–water partition coefficient (Wildman–Crippen LogP) is 5.27. The molecule has 94 valence electrons. The van der Waals surface area contributed by atoms with Gasteiger partial charge in [-0.05, 0) is 52.2 Å². The third-order valence-electron chi connectivity index (χ3n) is 2.63. The number of para-hydroxylation sites is 1. The first-order valence-electron chi connectivity index (χ1n) is 5.51. The average molecular weight is 373 g/mol. The van der Waals surface area contributed by atoms with Crippen molar-refractivity contribution in [1.29, 1.82) is 0 Å². The molecule has 0 fully saturated rings. The molecule has 0 saturated heterocycles. The zero-order chi connectivity index (χ0) is 13.1. The van der Waals surface area contributed by atoms with E-state index in [0.29, 0.717) is 12.2 Å². The zero-order valence-corrected chi connectivity index (χ0v) is 13.0. The van der Waals surface area contributed by atoms with Crippen LogP contribution in [-0.4, -0.2) is 0 Å². The number of halogens is 3. The monoisotopic (exact) mass is 371 g/mol. The standard InChI is InChI=1S/C14H12Br2FN/c1-9-5-6-10(12(16)7-9)8-18-14-11(15)3-2-4-13(14)17/h2-7,18H,8H2,1H3. The quantitative estimate of drug-likeness (QED) is 0.773. The molecule has 0 heterocycles. The summed E-state index contributed by atoms with van der Waals surface area (Å²) in [5.41, 5.74) is 2.78. The van der Waals surface area contributed by atoms with E-state index in [0.717, 1.165) is 14.5 Å². The van der Waals surface area contributed by atoms with Gasteiger partial charge in [0.1, 0.15) is 5.82 Å². The van der Waals surface area contributed by atoms with E-state index < -0.39 is 0 Å². The highest BCUT2D eigenvalue weighted by molar-refractivity contribution is 9.10. The fraction of sp³-hybridized carbons (Fsp3) is 0.143. The summed E-state index contributed by atoms with van der Waals surface area (Å²) >= 11 is 6.85. The van der Waals surface area contributed by atoms with E-state index >= 15 is 0 Å². The van der Waals surface area contributed by atoms with Crippen molar-refractivity contribution in [2.75, 3.05) is 5.32 Å². The van der Waals surface area contributed by atoms with Crippen LogP contribution < -0.4 is 5.32 Å². The van der Waals surface area contributed by atoms with Crippen molar-refractivity contribution < 1.29 is 4.39 Å². The lowest BCUT2D eigenvalue weighted by Crippen LogP contribution is -2.03. The third kappa shape index (κ3) is 3.12. The van der Waals surface area contributed by atoms with E-state index in [4.69, 9.17) is 0 Å². The molecule has 0 unspecified atom stereocenters. The molecule has 0 bridgehead atoms. The summed E-state index contributed by atoms with van der Waals surface area (Å²) in [5.74, 6) is -0.257. The van der Waals surface area contributed by atoms with Gasteiger partial charge in [0.05, 0.1) is 5.69 Å². The number of hydrogen-bond acceptors (Lipinski definition) is 1. The van der Waals surface area contributed by atoms with Crippen LogP contribution in [0, 0.1) is 12.7 Å². The van der Waals surface area contributed by atoms with E-state index in [2.05, 4.69) is 37.2 Å². The summed E-state index contributed by atoms with van der Waals surface area (Å²) in [6.45, 7) is 2.61. The first-order valence-corrected chi connectivity index (χ1v) is 7.09. The van der Waals surface area contributed by atoms with Crippen molar-refractivity contribution in [2.45, 2.75) is 13.5 Å². The number of rotatable bonds is 3. The summed E-state index contributed by atoms with van der Waals surface area (Å²) < 4.78 is 15.4. The van der Waals surface area contributed by atoms with Gasteiger partial charge in [-0.25, -0.2) is 4.39 Å². The second-order valence-corrected chi connectivity index (χ2v) is 5.75. The zero-order valence-electron chi connectivity index (χ0n) is 9.81. The number of nitrogens with one attached hydrogen (secondary N) is 1. The smallest absolute Gasteiger partial charge is 0.147 e. The minimum atomic E-state index is -0.257. The molecule has 0 radical (unpaired) electrons. The first-order chi connectivity index (χ1) is 8.58. The topological polar surface area (TPSA) is 12.0 Å². The predicted molar refractivity (Wildman–Crippen MR) is 80.3 cm³/mol. The van der Waals surface area contributed by atoms with E-state index in [1.165, 1.54) is 11.6 Å². The minimum absolute atomic E-state index is 0.257. The summed E-state index contributed by atoms with van der Waals surface area (Å²) in [7, 11) is 0. The van der Waals surface area contributed by atoms with Crippen LogP contribution in [0.4, 0.5) is 10.1 Å². The summed E-state index contributed by atoms with van der Waals surface area (Å²) in [6.07, 6.45) is 0. The number of anilines is 1. The number of hydrogen-bond donors (Lipinski definition) is 1. The lowest BCUT2D eigenvalue weighted by atomic mass is 10.1. The Kier molecular flexibility index (Phi) is 4.40. The van der Waals surface area contributed by atoms with Crippen LogP contribution in [0.2, 0.25) is 0 Å². The van der Waals surface area contributed by atoms with Crippen LogP contribution in [0.5, 0.6) is 0 Å². The van der Waals surface area contributed by atoms with Gasteiger partial charge in [-0.15, -0.1) is 0 Å². The fourth-order valence-electron chi connectivity index (χ4n) is 1.65. The van der Waals surface area contributed by atoms with Gasteiger partial charge < -0.3 is 5.32 Å². The van der Waals surface area contributed by atoms with Gasteiger partial charge in [-0.1, -0.05) is 34.1 Å². The van der Waals surface area contributed by atoms with Crippen LogP contribution in [0.15, 0.2) is 45.3 Å². The van der Waals surface area contributed by atoms with Crippen molar-refractivity contribution in [2.24, 2.45) is 0 Å². The third-order valence-corrected chi connectivity index (χ3v) is 4.03. The molecule has 0 aliphatic carbocycles. The molecule has 2 rings (SSSR count). The molecule has 4 heteroatoms. The average Bonchev–Trinajstić information content (AvgIpc) is 2.31. The Labute approximate surface area is 123 Å². The van der Waals surface area contributed by atoms with E-state index in [-0.39, 0.29) is 5.82 Å². The van der Waals surface area contributed by atoms with Crippen molar-refractivity contribution in [3.63, 3.8) is 0 Å². The van der Waals surface area contributed by atoms with Gasteiger partial charge in [0.25, 0.3) is 0 Å². The van der Waals surface area contributed by atoms with Crippen LogP contribution in [0.1, 0.15) is 11.1 Å². The summed E-state index contributed by atoms with van der Waals surface area (Å²) in [6, 6.07) is 11.0. The highest BCUT2D eigenvalue weighted by atomic mass is 79.9.